The molecule has 0 unspecified atom stereocenters. The van der Waals surface area contributed by atoms with E-state index in [1.807, 2.05) is 11.9 Å². The summed E-state index contributed by atoms with van der Waals surface area (Å²) in [6, 6.07) is 0. The molecule has 5 heteroatoms. The molecular weight excluding hydrogens is 204 g/mol. The predicted molar refractivity (Wildman–Crippen MR) is 63.3 cm³/mol. The number of amides is 1. The standard InChI is InChI=1S/C11H18N4O/c1-8(2)4-5-15(3)10-7-13-9(6-14-10)11(12)16/h6-8H,4-5H2,1-3H3,(H2,12,16). The summed E-state index contributed by atoms with van der Waals surface area (Å²) in [5.41, 5.74) is 5.28. The molecule has 1 aromatic heterocycles. The van der Waals surface area contributed by atoms with Gasteiger partial charge in [0.05, 0.1) is 12.4 Å². The van der Waals surface area contributed by atoms with Gasteiger partial charge in [-0.2, -0.15) is 0 Å². The number of anilines is 1. The molecule has 0 saturated carbocycles. The average molecular weight is 222 g/mol. The molecule has 2 N–H and O–H groups in total. The van der Waals surface area contributed by atoms with Crippen molar-refractivity contribution in [1.29, 1.82) is 0 Å². The Balaban J connectivity index is 2.63. The van der Waals surface area contributed by atoms with E-state index in [1.54, 1.807) is 6.20 Å². The van der Waals surface area contributed by atoms with Crippen LogP contribution in [0.15, 0.2) is 12.4 Å². The highest BCUT2D eigenvalue weighted by Crippen LogP contribution is 2.09. The Morgan fingerprint density at radius 1 is 1.44 bits per heavy atom. The van der Waals surface area contributed by atoms with Crippen LogP contribution in [0.4, 0.5) is 5.82 Å². The van der Waals surface area contributed by atoms with E-state index >= 15 is 0 Å². The van der Waals surface area contributed by atoms with E-state index in [-0.39, 0.29) is 5.69 Å². The number of rotatable bonds is 5. The minimum absolute atomic E-state index is 0.195. The summed E-state index contributed by atoms with van der Waals surface area (Å²) in [5, 5.41) is 0. The van der Waals surface area contributed by atoms with Crippen LogP contribution in [0, 0.1) is 5.92 Å². The van der Waals surface area contributed by atoms with E-state index in [4.69, 9.17) is 5.73 Å². The molecule has 0 aliphatic rings. The first-order valence-electron chi connectivity index (χ1n) is 5.33. The van der Waals surface area contributed by atoms with Crippen molar-refractivity contribution >= 4 is 11.7 Å². The van der Waals surface area contributed by atoms with Crippen molar-refractivity contribution in [1.82, 2.24) is 9.97 Å². The van der Waals surface area contributed by atoms with Gasteiger partial charge in [0.1, 0.15) is 11.5 Å². The number of hydrogen-bond acceptors (Lipinski definition) is 4. The summed E-state index contributed by atoms with van der Waals surface area (Å²) in [6.45, 7) is 5.27. The van der Waals surface area contributed by atoms with Gasteiger partial charge in [0.2, 0.25) is 0 Å². The highest BCUT2D eigenvalue weighted by molar-refractivity contribution is 5.90. The Morgan fingerprint density at radius 3 is 2.56 bits per heavy atom. The first-order valence-corrected chi connectivity index (χ1v) is 5.33. The number of carbonyl (C=O) groups is 1. The third-order valence-corrected chi connectivity index (χ3v) is 2.32. The van der Waals surface area contributed by atoms with Crippen LogP contribution < -0.4 is 10.6 Å². The quantitative estimate of drug-likeness (QED) is 0.808. The Kier molecular flexibility index (Phi) is 4.22. The van der Waals surface area contributed by atoms with E-state index < -0.39 is 5.91 Å². The van der Waals surface area contributed by atoms with Crippen LogP contribution in [0.5, 0.6) is 0 Å². The monoisotopic (exact) mass is 222 g/mol. The minimum Gasteiger partial charge on any atom is -0.364 e. The Labute approximate surface area is 95.7 Å². The van der Waals surface area contributed by atoms with Gasteiger partial charge in [-0.25, -0.2) is 9.97 Å². The van der Waals surface area contributed by atoms with E-state index in [2.05, 4.69) is 23.8 Å². The van der Waals surface area contributed by atoms with Gasteiger partial charge in [0, 0.05) is 13.6 Å². The normalized spacial score (nSPS) is 10.5. The van der Waals surface area contributed by atoms with Gasteiger partial charge >= 0.3 is 0 Å². The molecule has 0 aliphatic heterocycles. The van der Waals surface area contributed by atoms with Crippen LogP contribution in [0.25, 0.3) is 0 Å². The number of aromatic nitrogens is 2. The van der Waals surface area contributed by atoms with Crippen molar-refractivity contribution in [3.63, 3.8) is 0 Å². The van der Waals surface area contributed by atoms with Crippen molar-refractivity contribution in [2.75, 3.05) is 18.5 Å². The lowest BCUT2D eigenvalue weighted by Gasteiger charge is -2.18. The van der Waals surface area contributed by atoms with Crippen LogP contribution in [0.3, 0.4) is 0 Å². The largest absolute Gasteiger partial charge is 0.364 e. The van der Waals surface area contributed by atoms with Crippen molar-refractivity contribution in [2.45, 2.75) is 20.3 Å². The first kappa shape index (κ1) is 12.4. The van der Waals surface area contributed by atoms with Gasteiger partial charge < -0.3 is 10.6 Å². The SMILES string of the molecule is CC(C)CCN(C)c1cnc(C(N)=O)cn1. The second-order valence-electron chi connectivity index (χ2n) is 4.23. The maximum Gasteiger partial charge on any atom is 0.268 e. The fourth-order valence-electron chi connectivity index (χ4n) is 1.21. The summed E-state index contributed by atoms with van der Waals surface area (Å²) >= 11 is 0. The summed E-state index contributed by atoms with van der Waals surface area (Å²) < 4.78 is 0. The fourth-order valence-corrected chi connectivity index (χ4v) is 1.21. The molecule has 0 atom stereocenters. The van der Waals surface area contributed by atoms with Crippen molar-refractivity contribution in [3.8, 4) is 0 Å². The lowest BCUT2D eigenvalue weighted by molar-refractivity contribution is 0.0995. The van der Waals surface area contributed by atoms with Crippen LogP contribution in [0.1, 0.15) is 30.8 Å². The average Bonchev–Trinajstić information content (AvgIpc) is 2.26. The van der Waals surface area contributed by atoms with E-state index in [9.17, 15) is 4.79 Å². The molecule has 0 radical (unpaired) electrons. The first-order chi connectivity index (χ1) is 7.50. The van der Waals surface area contributed by atoms with Crippen molar-refractivity contribution < 1.29 is 4.79 Å². The van der Waals surface area contributed by atoms with Gasteiger partial charge in [0.25, 0.3) is 5.91 Å². The molecular formula is C11H18N4O. The fraction of sp³-hybridized carbons (Fsp3) is 0.545. The second kappa shape index (κ2) is 5.44. The van der Waals surface area contributed by atoms with E-state index in [1.165, 1.54) is 6.20 Å². The number of hydrogen-bond donors (Lipinski definition) is 1. The maximum atomic E-state index is 10.8. The zero-order chi connectivity index (χ0) is 12.1. The van der Waals surface area contributed by atoms with Gasteiger partial charge in [-0.3, -0.25) is 4.79 Å². The molecule has 1 aromatic rings. The van der Waals surface area contributed by atoms with E-state index in [0.717, 1.165) is 18.8 Å². The number of primary amides is 1. The third kappa shape index (κ3) is 3.49. The van der Waals surface area contributed by atoms with Crippen LogP contribution in [-0.4, -0.2) is 29.5 Å². The molecule has 0 fully saturated rings. The summed E-state index contributed by atoms with van der Waals surface area (Å²) in [6.07, 6.45) is 4.07. The third-order valence-electron chi connectivity index (χ3n) is 2.32. The molecule has 0 aromatic carbocycles. The molecule has 16 heavy (non-hydrogen) atoms. The Bertz CT molecular complexity index is 348. The molecule has 88 valence electrons. The van der Waals surface area contributed by atoms with Gasteiger partial charge in [-0.15, -0.1) is 0 Å². The number of carbonyl (C=O) groups excluding carboxylic acids is 1. The molecule has 1 amide bonds. The second-order valence-corrected chi connectivity index (χ2v) is 4.23. The Morgan fingerprint density at radius 2 is 2.12 bits per heavy atom. The summed E-state index contributed by atoms with van der Waals surface area (Å²) in [4.78, 5) is 20.9. The Hall–Kier alpha value is -1.65. The zero-order valence-corrected chi connectivity index (χ0v) is 9.97. The minimum atomic E-state index is -0.552. The molecule has 0 aliphatic carbocycles. The number of nitrogens with zero attached hydrogens (tertiary/aromatic N) is 3. The van der Waals surface area contributed by atoms with Crippen LogP contribution in [-0.2, 0) is 0 Å². The molecule has 1 rings (SSSR count). The van der Waals surface area contributed by atoms with Crippen molar-refractivity contribution in [3.05, 3.63) is 18.1 Å². The molecule has 5 nitrogen and oxygen atoms in total. The number of nitrogens with two attached hydrogens (primary N) is 1. The van der Waals surface area contributed by atoms with Gasteiger partial charge in [-0.05, 0) is 12.3 Å². The van der Waals surface area contributed by atoms with Crippen LogP contribution in [0.2, 0.25) is 0 Å². The predicted octanol–water partition coefficient (Wildman–Crippen LogP) is 1.06. The van der Waals surface area contributed by atoms with Gasteiger partial charge in [-0.1, -0.05) is 13.8 Å². The van der Waals surface area contributed by atoms with Crippen molar-refractivity contribution in [2.24, 2.45) is 11.7 Å². The topological polar surface area (TPSA) is 72.1 Å². The highest BCUT2D eigenvalue weighted by atomic mass is 16.1. The smallest absolute Gasteiger partial charge is 0.268 e. The lowest BCUT2D eigenvalue weighted by Crippen LogP contribution is -2.22. The maximum absolute atomic E-state index is 10.8. The summed E-state index contributed by atoms with van der Waals surface area (Å²) in [7, 11) is 1.95. The molecule has 1 heterocycles. The summed E-state index contributed by atoms with van der Waals surface area (Å²) in [5.74, 6) is 0.856. The van der Waals surface area contributed by atoms with Crippen LogP contribution >= 0.6 is 0 Å². The molecule has 0 saturated heterocycles. The zero-order valence-electron chi connectivity index (χ0n) is 9.97. The van der Waals surface area contributed by atoms with Gasteiger partial charge in [0.15, 0.2) is 0 Å². The lowest BCUT2D eigenvalue weighted by atomic mass is 10.1. The molecule has 0 bridgehead atoms. The van der Waals surface area contributed by atoms with E-state index in [0.29, 0.717) is 5.92 Å². The molecule has 0 spiro atoms. The highest BCUT2D eigenvalue weighted by Gasteiger charge is 2.06.